The minimum atomic E-state index is -0.496. The van der Waals surface area contributed by atoms with Crippen LogP contribution in [0.2, 0.25) is 0 Å². The molecule has 1 fully saturated rings. The number of esters is 1. The Hall–Kier alpha value is -2.08. The van der Waals surface area contributed by atoms with Crippen molar-refractivity contribution < 1.29 is 14.3 Å². The Morgan fingerprint density at radius 3 is 2.50 bits per heavy atom. The van der Waals surface area contributed by atoms with Crippen LogP contribution in [0.5, 0.6) is 0 Å². The molecule has 2 aliphatic rings. The second-order valence-corrected chi connectivity index (χ2v) is 8.58. The van der Waals surface area contributed by atoms with Crippen molar-refractivity contribution in [3.63, 3.8) is 0 Å². The first kappa shape index (κ1) is 18.7. The predicted octanol–water partition coefficient (Wildman–Crippen LogP) is 3.81. The summed E-state index contributed by atoms with van der Waals surface area (Å²) in [5, 5.41) is 0.663. The van der Waals surface area contributed by atoms with Crippen molar-refractivity contribution in [3.05, 3.63) is 46.7 Å². The summed E-state index contributed by atoms with van der Waals surface area (Å²) in [6.07, 6.45) is 0.438. The highest BCUT2D eigenvalue weighted by atomic mass is 32.2. The van der Waals surface area contributed by atoms with Crippen LogP contribution in [0, 0.1) is 0 Å². The normalized spacial score (nSPS) is 20.7. The van der Waals surface area contributed by atoms with E-state index in [1.165, 1.54) is 12.7 Å². The molecule has 26 heavy (non-hydrogen) atoms. The number of thioether (sulfide) groups is 1. The van der Waals surface area contributed by atoms with E-state index in [1.54, 1.807) is 23.6 Å². The van der Waals surface area contributed by atoms with Crippen LogP contribution in [-0.2, 0) is 19.7 Å². The first-order chi connectivity index (χ1) is 12.2. The molecule has 0 aromatic heterocycles. The van der Waals surface area contributed by atoms with Gasteiger partial charge in [-0.25, -0.2) is 9.79 Å². The average Bonchev–Trinajstić information content (AvgIpc) is 2.59. The minimum Gasteiger partial charge on any atom is -0.466 e. The number of hydrogen-bond donors (Lipinski definition) is 0. The molecule has 0 radical (unpaired) electrons. The fraction of sp³-hybridized carbons (Fsp3) is 0.450. The summed E-state index contributed by atoms with van der Waals surface area (Å²) in [6, 6.07) is 7.62. The van der Waals surface area contributed by atoms with E-state index in [1.807, 2.05) is 12.1 Å². The number of amidine groups is 1. The van der Waals surface area contributed by atoms with Gasteiger partial charge in [0, 0.05) is 12.2 Å². The summed E-state index contributed by atoms with van der Waals surface area (Å²) in [5.41, 5.74) is 3.16. The van der Waals surface area contributed by atoms with Crippen LogP contribution in [0.3, 0.4) is 0 Å². The van der Waals surface area contributed by atoms with Gasteiger partial charge in [-0.05, 0) is 23.5 Å². The number of nitrogens with zero attached hydrogens (tertiary/aromatic N) is 2. The summed E-state index contributed by atoms with van der Waals surface area (Å²) < 4.78 is 4.99. The van der Waals surface area contributed by atoms with E-state index in [2.05, 4.69) is 37.9 Å². The van der Waals surface area contributed by atoms with Gasteiger partial charge in [0.1, 0.15) is 0 Å². The molecule has 138 valence electrons. The molecule has 0 N–H and O–H groups in total. The molecule has 2 aliphatic heterocycles. The zero-order valence-corrected chi connectivity index (χ0v) is 16.6. The van der Waals surface area contributed by atoms with Crippen molar-refractivity contribution >= 4 is 28.8 Å². The Labute approximate surface area is 158 Å². The van der Waals surface area contributed by atoms with Crippen LogP contribution in [0.1, 0.15) is 51.3 Å². The fourth-order valence-corrected chi connectivity index (χ4v) is 4.26. The Morgan fingerprint density at radius 1 is 1.27 bits per heavy atom. The van der Waals surface area contributed by atoms with Gasteiger partial charge in [-0.3, -0.25) is 9.69 Å². The molecular formula is C20H24N2O3S. The van der Waals surface area contributed by atoms with E-state index in [9.17, 15) is 9.59 Å². The average molecular weight is 372 g/mol. The maximum Gasteiger partial charge on any atom is 0.338 e. The zero-order chi connectivity index (χ0) is 19.1. The van der Waals surface area contributed by atoms with Crippen molar-refractivity contribution in [2.45, 2.75) is 45.6 Å². The van der Waals surface area contributed by atoms with E-state index >= 15 is 0 Å². The largest absolute Gasteiger partial charge is 0.466 e. The van der Waals surface area contributed by atoms with E-state index in [-0.39, 0.29) is 11.3 Å². The lowest BCUT2D eigenvalue weighted by atomic mass is 9.85. The highest BCUT2D eigenvalue weighted by Crippen LogP contribution is 2.40. The maximum atomic E-state index is 12.7. The van der Waals surface area contributed by atoms with Crippen molar-refractivity contribution in [1.29, 1.82) is 0 Å². The van der Waals surface area contributed by atoms with Gasteiger partial charge >= 0.3 is 5.97 Å². The summed E-state index contributed by atoms with van der Waals surface area (Å²) in [4.78, 5) is 31.3. The topological polar surface area (TPSA) is 59.0 Å². The second kappa shape index (κ2) is 6.91. The van der Waals surface area contributed by atoms with Crippen molar-refractivity contribution in [2.75, 3.05) is 12.9 Å². The number of amides is 1. The summed E-state index contributed by atoms with van der Waals surface area (Å²) in [5.74, 6) is 0.255. The van der Waals surface area contributed by atoms with Gasteiger partial charge in [-0.1, -0.05) is 56.8 Å². The third-order valence-corrected chi connectivity index (χ3v) is 5.66. The SMILES string of the molecule is COC(=O)C1=C(C)N=C2SCCC(=O)N2[C@H]1c1ccc(C(C)(C)C)cc1. The van der Waals surface area contributed by atoms with Gasteiger partial charge in [0.15, 0.2) is 5.17 Å². The van der Waals surface area contributed by atoms with Gasteiger partial charge in [-0.15, -0.1) is 0 Å². The maximum absolute atomic E-state index is 12.7. The minimum absolute atomic E-state index is 0.0127. The standard InChI is InChI=1S/C20H24N2O3S/c1-12-16(18(24)25-5)17(22-15(23)10-11-26-19(22)21-12)13-6-8-14(9-7-13)20(2,3)4/h6-9,17H,10-11H2,1-5H3/t17-/m0/s1. The zero-order valence-electron chi connectivity index (χ0n) is 15.8. The fourth-order valence-electron chi connectivity index (χ4n) is 3.25. The molecule has 1 aromatic carbocycles. The summed E-state index contributed by atoms with van der Waals surface area (Å²) in [6.45, 7) is 8.26. The molecule has 6 heteroatoms. The monoisotopic (exact) mass is 372 g/mol. The highest BCUT2D eigenvalue weighted by molar-refractivity contribution is 8.14. The molecule has 3 rings (SSSR count). The summed E-state index contributed by atoms with van der Waals surface area (Å²) >= 11 is 1.55. The number of fused-ring (bicyclic) bond motifs is 1. The molecule has 0 spiro atoms. The number of rotatable bonds is 2. The van der Waals surface area contributed by atoms with Crippen LogP contribution in [0.25, 0.3) is 0 Å². The predicted molar refractivity (Wildman–Crippen MR) is 104 cm³/mol. The quantitative estimate of drug-likeness (QED) is 0.741. The van der Waals surface area contributed by atoms with Crippen molar-refractivity contribution in [3.8, 4) is 0 Å². The molecule has 1 atom stereocenters. The third-order valence-electron chi connectivity index (χ3n) is 4.70. The molecule has 2 heterocycles. The smallest absolute Gasteiger partial charge is 0.338 e. The van der Waals surface area contributed by atoms with E-state index < -0.39 is 12.0 Å². The first-order valence-electron chi connectivity index (χ1n) is 8.67. The van der Waals surface area contributed by atoms with Crippen LogP contribution >= 0.6 is 11.8 Å². The molecule has 1 aromatic rings. The molecule has 0 bridgehead atoms. The lowest BCUT2D eigenvalue weighted by Crippen LogP contribution is -2.45. The van der Waals surface area contributed by atoms with Crippen LogP contribution in [0.15, 0.2) is 40.5 Å². The number of ether oxygens (including phenoxy) is 1. The van der Waals surface area contributed by atoms with Gasteiger partial charge in [-0.2, -0.15) is 0 Å². The number of carbonyl (C=O) groups is 2. The Morgan fingerprint density at radius 2 is 1.92 bits per heavy atom. The van der Waals surface area contributed by atoms with Gasteiger partial charge in [0.25, 0.3) is 0 Å². The number of aliphatic imine (C=N–C) groups is 1. The number of benzene rings is 1. The Kier molecular flexibility index (Phi) is 4.97. The van der Waals surface area contributed by atoms with Gasteiger partial charge in [0.2, 0.25) is 5.91 Å². The lowest BCUT2D eigenvalue weighted by Gasteiger charge is -2.39. The van der Waals surface area contributed by atoms with Crippen molar-refractivity contribution in [1.82, 2.24) is 4.90 Å². The van der Waals surface area contributed by atoms with Crippen LogP contribution < -0.4 is 0 Å². The van der Waals surface area contributed by atoms with E-state index in [4.69, 9.17) is 4.74 Å². The molecule has 0 aliphatic carbocycles. The van der Waals surface area contributed by atoms with E-state index in [0.717, 1.165) is 5.56 Å². The Bertz CT molecular complexity index is 803. The molecule has 5 nitrogen and oxygen atoms in total. The van der Waals surface area contributed by atoms with Gasteiger partial charge < -0.3 is 4.74 Å². The number of carbonyl (C=O) groups excluding carboxylic acids is 2. The number of hydrogen-bond acceptors (Lipinski definition) is 5. The Balaban J connectivity index is 2.12. The number of methoxy groups -OCH3 is 1. The lowest BCUT2D eigenvalue weighted by molar-refractivity contribution is -0.137. The third kappa shape index (κ3) is 3.30. The molecule has 1 amide bonds. The molecule has 0 unspecified atom stereocenters. The van der Waals surface area contributed by atoms with E-state index in [0.29, 0.717) is 28.6 Å². The molecular weight excluding hydrogens is 348 g/mol. The van der Waals surface area contributed by atoms with Crippen LogP contribution in [0.4, 0.5) is 0 Å². The highest BCUT2D eigenvalue weighted by Gasteiger charge is 2.41. The second-order valence-electron chi connectivity index (χ2n) is 7.52. The first-order valence-corrected chi connectivity index (χ1v) is 9.65. The van der Waals surface area contributed by atoms with Gasteiger partial charge in [0.05, 0.1) is 24.4 Å². The molecule has 0 saturated carbocycles. The number of allylic oxidation sites excluding steroid dienone is 1. The van der Waals surface area contributed by atoms with Crippen molar-refractivity contribution in [2.24, 2.45) is 4.99 Å². The molecule has 1 saturated heterocycles. The van der Waals surface area contributed by atoms with Crippen LogP contribution in [-0.4, -0.2) is 34.8 Å². The summed E-state index contributed by atoms with van der Waals surface area (Å²) in [7, 11) is 1.36.